The standard InChI is InChI=1S/C15H18N4O2/c1-11(9-16)10-17-15(21)13-7-8-14(20)19(18-13)12-5-3-2-4-6-12/h2-8,11H,9-10,16H2,1H3,(H,17,21). The number of para-hydroxylation sites is 1. The lowest BCUT2D eigenvalue weighted by Crippen LogP contribution is -2.33. The molecule has 110 valence electrons. The fraction of sp³-hybridized carbons (Fsp3) is 0.267. The van der Waals surface area contributed by atoms with Crippen molar-refractivity contribution in [2.75, 3.05) is 13.1 Å². The lowest BCUT2D eigenvalue weighted by atomic mass is 10.2. The van der Waals surface area contributed by atoms with E-state index in [4.69, 9.17) is 5.73 Å². The monoisotopic (exact) mass is 286 g/mol. The Kier molecular flexibility index (Phi) is 4.84. The molecule has 1 atom stereocenters. The molecule has 1 amide bonds. The second-order valence-electron chi connectivity index (χ2n) is 4.86. The zero-order chi connectivity index (χ0) is 15.2. The van der Waals surface area contributed by atoms with E-state index in [0.29, 0.717) is 18.8 Å². The molecule has 6 nitrogen and oxygen atoms in total. The van der Waals surface area contributed by atoms with E-state index < -0.39 is 0 Å². The topological polar surface area (TPSA) is 90.0 Å². The molecule has 0 saturated heterocycles. The molecule has 0 bridgehead atoms. The second kappa shape index (κ2) is 6.81. The van der Waals surface area contributed by atoms with Crippen LogP contribution in [0.4, 0.5) is 0 Å². The van der Waals surface area contributed by atoms with Crippen LogP contribution in [0.1, 0.15) is 17.4 Å². The summed E-state index contributed by atoms with van der Waals surface area (Å²) in [6.45, 7) is 2.91. The number of aromatic nitrogens is 2. The molecular formula is C15H18N4O2. The molecule has 1 heterocycles. The van der Waals surface area contributed by atoms with Crippen LogP contribution in [0.5, 0.6) is 0 Å². The molecule has 0 fully saturated rings. The highest BCUT2D eigenvalue weighted by Crippen LogP contribution is 2.02. The van der Waals surface area contributed by atoms with Gasteiger partial charge < -0.3 is 11.1 Å². The number of benzene rings is 1. The number of hydrogen-bond acceptors (Lipinski definition) is 4. The second-order valence-corrected chi connectivity index (χ2v) is 4.86. The van der Waals surface area contributed by atoms with Crippen molar-refractivity contribution >= 4 is 5.91 Å². The van der Waals surface area contributed by atoms with E-state index in [9.17, 15) is 9.59 Å². The summed E-state index contributed by atoms with van der Waals surface area (Å²) in [6.07, 6.45) is 0. The Hall–Kier alpha value is -2.47. The quantitative estimate of drug-likeness (QED) is 0.840. The van der Waals surface area contributed by atoms with E-state index in [2.05, 4.69) is 10.4 Å². The number of rotatable bonds is 5. The number of carbonyl (C=O) groups is 1. The minimum absolute atomic E-state index is 0.189. The summed E-state index contributed by atoms with van der Waals surface area (Å²) in [5.74, 6) is -0.131. The van der Waals surface area contributed by atoms with Crippen LogP contribution in [-0.2, 0) is 0 Å². The van der Waals surface area contributed by atoms with Crippen molar-refractivity contribution in [1.29, 1.82) is 0 Å². The van der Waals surface area contributed by atoms with Gasteiger partial charge >= 0.3 is 0 Å². The van der Waals surface area contributed by atoms with E-state index in [0.717, 1.165) is 0 Å². The molecule has 0 aliphatic rings. The van der Waals surface area contributed by atoms with Gasteiger partial charge in [0.25, 0.3) is 11.5 Å². The van der Waals surface area contributed by atoms with Crippen LogP contribution in [0.15, 0.2) is 47.3 Å². The van der Waals surface area contributed by atoms with Gasteiger partial charge in [-0.25, -0.2) is 0 Å². The number of nitrogens with zero attached hydrogens (tertiary/aromatic N) is 2. The molecule has 1 unspecified atom stereocenters. The summed E-state index contributed by atoms with van der Waals surface area (Å²) in [7, 11) is 0. The van der Waals surface area contributed by atoms with Gasteiger partial charge in [-0.15, -0.1) is 0 Å². The molecule has 3 N–H and O–H groups in total. The summed E-state index contributed by atoms with van der Waals surface area (Å²) >= 11 is 0. The maximum atomic E-state index is 12.0. The first kappa shape index (κ1) is 14.9. The molecule has 0 saturated carbocycles. The predicted molar refractivity (Wildman–Crippen MR) is 80.4 cm³/mol. The van der Waals surface area contributed by atoms with Crippen LogP contribution in [-0.4, -0.2) is 28.8 Å². The molecule has 0 aliphatic carbocycles. The van der Waals surface area contributed by atoms with Crippen molar-refractivity contribution < 1.29 is 4.79 Å². The number of nitrogens with two attached hydrogens (primary N) is 1. The zero-order valence-corrected chi connectivity index (χ0v) is 11.8. The van der Waals surface area contributed by atoms with Crippen molar-refractivity contribution in [2.24, 2.45) is 11.7 Å². The van der Waals surface area contributed by atoms with Gasteiger partial charge in [-0.1, -0.05) is 25.1 Å². The average molecular weight is 286 g/mol. The summed E-state index contributed by atoms with van der Waals surface area (Å²) in [4.78, 5) is 23.9. The maximum absolute atomic E-state index is 12.0. The third kappa shape index (κ3) is 3.76. The largest absolute Gasteiger partial charge is 0.350 e. The highest BCUT2D eigenvalue weighted by Gasteiger charge is 2.11. The Morgan fingerprint density at radius 3 is 2.67 bits per heavy atom. The van der Waals surface area contributed by atoms with Gasteiger partial charge in [-0.2, -0.15) is 9.78 Å². The Bertz CT molecular complexity index is 667. The predicted octanol–water partition coefficient (Wildman–Crippen LogP) is 0.557. The van der Waals surface area contributed by atoms with E-state index in [1.807, 2.05) is 13.0 Å². The van der Waals surface area contributed by atoms with Gasteiger partial charge in [-0.05, 0) is 30.7 Å². The SMILES string of the molecule is CC(CN)CNC(=O)c1ccc(=O)n(-c2ccccc2)n1. The molecule has 0 radical (unpaired) electrons. The minimum atomic E-state index is -0.319. The van der Waals surface area contributed by atoms with E-state index >= 15 is 0 Å². The van der Waals surface area contributed by atoms with Crippen molar-refractivity contribution in [3.8, 4) is 5.69 Å². The molecule has 1 aromatic heterocycles. The summed E-state index contributed by atoms with van der Waals surface area (Å²) < 4.78 is 1.21. The number of hydrogen-bond donors (Lipinski definition) is 2. The first-order valence-corrected chi connectivity index (χ1v) is 6.76. The Balaban J connectivity index is 2.23. The van der Waals surface area contributed by atoms with E-state index in [-0.39, 0.29) is 23.1 Å². The Morgan fingerprint density at radius 1 is 1.29 bits per heavy atom. The Morgan fingerprint density at radius 2 is 2.00 bits per heavy atom. The van der Waals surface area contributed by atoms with Gasteiger partial charge in [0.05, 0.1) is 5.69 Å². The van der Waals surface area contributed by atoms with E-state index in [1.165, 1.54) is 16.8 Å². The molecule has 6 heteroatoms. The van der Waals surface area contributed by atoms with Crippen molar-refractivity contribution in [3.63, 3.8) is 0 Å². The smallest absolute Gasteiger partial charge is 0.271 e. The van der Waals surface area contributed by atoms with Gasteiger partial charge in [-0.3, -0.25) is 9.59 Å². The Labute approximate surface area is 122 Å². The molecule has 21 heavy (non-hydrogen) atoms. The average Bonchev–Trinajstić information content (AvgIpc) is 2.53. The van der Waals surface area contributed by atoms with Crippen LogP contribution in [0, 0.1) is 5.92 Å². The van der Waals surface area contributed by atoms with Crippen LogP contribution < -0.4 is 16.6 Å². The number of amides is 1. The molecule has 2 aromatic rings. The van der Waals surface area contributed by atoms with Gasteiger partial charge in [0.1, 0.15) is 5.69 Å². The molecule has 1 aromatic carbocycles. The zero-order valence-electron chi connectivity index (χ0n) is 11.8. The normalized spacial score (nSPS) is 11.9. The van der Waals surface area contributed by atoms with Gasteiger partial charge in [0, 0.05) is 12.6 Å². The fourth-order valence-electron chi connectivity index (χ4n) is 1.73. The summed E-state index contributed by atoms with van der Waals surface area (Å²) in [5, 5.41) is 6.86. The molecule has 2 rings (SSSR count). The maximum Gasteiger partial charge on any atom is 0.271 e. The number of carbonyl (C=O) groups excluding carboxylic acids is 1. The van der Waals surface area contributed by atoms with Crippen molar-refractivity contribution in [1.82, 2.24) is 15.1 Å². The highest BCUT2D eigenvalue weighted by molar-refractivity contribution is 5.92. The van der Waals surface area contributed by atoms with Crippen molar-refractivity contribution in [3.05, 3.63) is 58.5 Å². The van der Waals surface area contributed by atoms with E-state index in [1.54, 1.807) is 24.3 Å². The third-order valence-corrected chi connectivity index (χ3v) is 3.05. The summed E-state index contributed by atoms with van der Waals surface area (Å²) in [5.41, 5.74) is 6.04. The molecule has 0 aliphatic heterocycles. The van der Waals surface area contributed by atoms with Gasteiger partial charge in [0.2, 0.25) is 0 Å². The van der Waals surface area contributed by atoms with Crippen LogP contribution in [0.3, 0.4) is 0 Å². The van der Waals surface area contributed by atoms with Crippen LogP contribution in [0.25, 0.3) is 5.69 Å². The number of nitrogens with one attached hydrogen (secondary N) is 1. The first-order chi connectivity index (χ1) is 10.1. The molecule has 0 spiro atoms. The van der Waals surface area contributed by atoms with Crippen molar-refractivity contribution in [2.45, 2.75) is 6.92 Å². The summed E-state index contributed by atoms with van der Waals surface area (Å²) in [6, 6.07) is 11.7. The lowest BCUT2D eigenvalue weighted by molar-refractivity contribution is 0.0941. The fourth-order valence-corrected chi connectivity index (χ4v) is 1.73. The van der Waals surface area contributed by atoms with Crippen LogP contribution >= 0.6 is 0 Å². The third-order valence-electron chi connectivity index (χ3n) is 3.05. The lowest BCUT2D eigenvalue weighted by Gasteiger charge is -2.10. The molecular weight excluding hydrogens is 268 g/mol. The minimum Gasteiger partial charge on any atom is -0.350 e. The highest BCUT2D eigenvalue weighted by atomic mass is 16.2. The first-order valence-electron chi connectivity index (χ1n) is 6.76. The van der Waals surface area contributed by atoms with Crippen LogP contribution in [0.2, 0.25) is 0 Å². The van der Waals surface area contributed by atoms with Gasteiger partial charge in [0.15, 0.2) is 0 Å².